The van der Waals surface area contributed by atoms with Crippen LogP contribution in [-0.2, 0) is 6.54 Å². The van der Waals surface area contributed by atoms with Gasteiger partial charge in [0.05, 0.1) is 28.5 Å². The number of aliphatic imine (C=N–C) groups is 2. The summed E-state index contributed by atoms with van der Waals surface area (Å²) >= 11 is 0. The largest absolute Gasteiger partial charge is 0.354 e. The summed E-state index contributed by atoms with van der Waals surface area (Å²) < 4.78 is 2.35. The lowest BCUT2D eigenvalue weighted by molar-refractivity contribution is 0.818. The van der Waals surface area contributed by atoms with Crippen molar-refractivity contribution in [1.82, 2.24) is 9.55 Å². The summed E-state index contributed by atoms with van der Waals surface area (Å²) in [6, 6.07) is 55.7. The summed E-state index contributed by atoms with van der Waals surface area (Å²) in [7, 11) is 0. The van der Waals surface area contributed by atoms with E-state index in [2.05, 4.69) is 211 Å². The zero-order valence-corrected chi connectivity index (χ0v) is 32.2. The molecule has 0 amide bonds. The summed E-state index contributed by atoms with van der Waals surface area (Å²) in [5, 5.41) is 1.96. The van der Waals surface area contributed by atoms with E-state index in [1.54, 1.807) is 0 Å². The van der Waals surface area contributed by atoms with Crippen LogP contribution in [0.25, 0.3) is 33.4 Å². The maximum absolute atomic E-state index is 5.58. The van der Waals surface area contributed by atoms with Crippen molar-refractivity contribution in [3.8, 4) is 11.1 Å². The van der Waals surface area contributed by atoms with Crippen molar-refractivity contribution in [2.24, 2.45) is 9.98 Å². The Bertz CT molecular complexity index is 3040. The van der Waals surface area contributed by atoms with Crippen molar-refractivity contribution in [2.45, 2.75) is 13.5 Å². The Balaban J connectivity index is 1.42. The van der Waals surface area contributed by atoms with E-state index in [1.807, 2.05) is 6.08 Å². The van der Waals surface area contributed by atoms with Crippen LogP contribution in [0.4, 0.5) is 0 Å². The predicted octanol–water partition coefficient (Wildman–Crippen LogP) is 10.6. The number of H-pyrrole nitrogens is 1. The highest BCUT2D eigenvalue weighted by atomic mass is 15.0. The summed E-state index contributed by atoms with van der Waals surface area (Å²) in [6.45, 7) is 6.98. The fourth-order valence-electron chi connectivity index (χ4n) is 8.43. The molecule has 0 saturated carbocycles. The zero-order valence-electron chi connectivity index (χ0n) is 32.2. The average molecular weight is 745 g/mol. The Morgan fingerprint density at radius 1 is 0.500 bits per heavy atom. The molecule has 10 rings (SSSR count). The van der Waals surface area contributed by atoms with Crippen molar-refractivity contribution < 1.29 is 0 Å². The molecule has 5 aromatic carbocycles. The van der Waals surface area contributed by atoms with Crippen molar-refractivity contribution in [2.75, 3.05) is 0 Å². The number of benzene rings is 5. The summed E-state index contributed by atoms with van der Waals surface area (Å²) in [5.41, 5.74) is 17.7. The van der Waals surface area contributed by atoms with Crippen LogP contribution in [0.5, 0.6) is 0 Å². The fourth-order valence-corrected chi connectivity index (χ4v) is 8.43. The molecule has 0 radical (unpaired) electrons. The Morgan fingerprint density at radius 2 is 0.948 bits per heavy atom. The number of aryl methyl sites for hydroxylation is 1. The molecule has 0 fully saturated rings. The smallest absolute Gasteiger partial charge is 0.0737 e. The van der Waals surface area contributed by atoms with Gasteiger partial charge >= 0.3 is 0 Å². The Labute approximate surface area is 338 Å². The lowest BCUT2D eigenvalue weighted by atomic mass is 9.88. The number of hydrogen-bond acceptors (Lipinski definition) is 2. The third kappa shape index (κ3) is 6.22. The highest BCUT2D eigenvalue weighted by molar-refractivity contribution is 6.31. The minimum Gasteiger partial charge on any atom is -0.354 e. The Hall–Kier alpha value is -7.56. The molecule has 3 aliphatic rings. The molecule has 0 spiro atoms. The molecular formula is C54H40N4. The number of allylic oxidation sites excluding steroid dienone is 5. The van der Waals surface area contributed by atoms with Gasteiger partial charge in [0.1, 0.15) is 0 Å². The zero-order chi connectivity index (χ0) is 39.0. The van der Waals surface area contributed by atoms with Gasteiger partial charge in [0.15, 0.2) is 0 Å². The van der Waals surface area contributed by atoms with E-state index < -0.39 is 0 Å². The molecule has 0 saturated heterocycles. The molecule has 58 heavy (non-hydrogen) atoms. The second-order valence-electron chi connectivity index (χ2n) is 14.8. The van der Waals surface area contributed by atoms with Gasteiger partial charge < -0.3 is 9.55 Å². The van der Waals surface area contributed by atoms with Gasteiger partial charge in [-0.1, -0.05) is 157 Å². The van der Waals surface area contributed by atoms with Crippen LogP contribution in [0.2, 0.25) is 0 Å². The van der Waals surface area contributed by atoms with E-state index in [0.717, 1.165) is 100 Å². The first-order valence-corrected chi connectivity index (χ1v) is 19.7. The highest BCUT2D eigenvalue weighted by Crippen LogP contribution is 2.45. The van der Waals surface area contributed by atoms with Crippen LogP contribution in [0.1, 0.15) is 39.1 Å². The number of aromatic nitrogens is 2. The van der Waals surface area contributed by atoms with Gasteiger partial charge in [-0.15, -0.1) is 6.58 Å². The molecule has 2 aromatic heterocycles. The third-order valence-corrected chi connectivity index (χ3v) is 11.0. The van der Waals surface area contributed by atoms with E-state index >= 15 is 0 Å². The molecule has 276 valence electrons. The van der Waals surface area contributed by atoms with Crippen molar-refractivity contribution >= 4 is 33.7 Å². The van der Waals surface area contributed by atoms with Crippen molar-refractivity contribution in [3.05, 3.63) is 262 Å². The van der Waals surface area contributed by atoms with Gasteiger partial charge in [0.25, 0.3) is 0 Å². The highest BCUT2D eigenvalue weighted by Gasteiger charge is 2.29. The van der Waals surface area contributed by atoms with E-state index in [0.29, 0.717) is 6.54 Å². The average Bonchev–Trinajstić information content (AvgIpc) is 4.10. The van der Waals surface area contributed by atoms with Crippen molar-refractivity contribution in [3.63, 3.8) is 0 Å². The molecule has 0 atom stereocenters. The number of hydrogen-bond donors (Lipinski definition) is 1. The van der Waals surface area contributed by atoms with Gasteiger partial charge in [-0.05, 0) is 71.2 Å². The number of nitrogens with zero attached hydrogens (tertiary/aromatic N) is 3. The number of fused-ring (bicyclic) bond motifs is 6. The maximum Gasteiger partial charge on any atom is 0.0737 e. The van der Waals surface area contributed by atoms with Gasteiger partial charge in [0.2, 0.25) is 0 Å². The summed E-state index contributed by atoms with van der Waals surface area (Å²) in [5.74, 6) is 0. The molecule has 8 bridgehead atoms. The van der Waals surface area contributed by atoms with Crippen LogP contribution < -0.4 is 10.7 Å². The first kappa shape index (κ1) is 34.9. The minimum absolute atomic E-state index is 0.595. The lowest BCUT2D eigenvalue weighted by Gasteiger charge is -2.18. The molecule has 3 aliphatic heterocycles. The van der Waals surface area contributed by atoms with Gasteiger partial charge in [-0.2, -0.15) is 0 Å². The molecular weight excluding hydrogens is 705 g/mol. The minimum atomic E-state index is 0.595. The second-order valence-corrected chi connectivity index (χ2v) is 14.8. The number of rotatable bonds is 7. The van der Waals surface area contributed by atoms with E-state index in [4.69, 9.17) is 9.98 Å². The predicted molar refractivity (Wildman–Crippen MR) is 241 cm³/mol. The molecule has 1 N–H and O–H groups in total. The first-order valence-electron chi connectivity index (χ1n) is 19.7. The summed E-state index contributed by atoms with van der Waals surface area (Å²) in [6.07, 6.45) is 13.0. The normalized spacial score (nSPS) is 14.6. The van der Waals surface area contributed by atoms with E-state index in [-0.39, 0.29) is 0 Å². The lowest BCUT2D eigenvalue weighted by Crippen LogP contribution is -2.21. The molecule has 0 aliphatic carbocycles. The second kappa shape index (κ2) is 14.8. The molecule has 5 heterocycles. The van der Waals surface area contributed by atoms with Gasteiger partial charge in [-0.25, -0.2) is 9.98 Å². The van der Waals surface area contributed by atoms with Crippen LogP contribution in [0.15, 0.2) is 222 Å². The quantitative estimate of drug-likeness (QED) is 0.158. The standard InChI is InChI=1S/C54H40N4/c1-3-34-58-35-42-49(37-16-8-4-9-17-37)43-28-29-44(55-43)51(38-18-10-5-11-19-38)45-30-31-46(56-45)52(39-20-12-6-13-21-39)47-32-33-48(57-47)53(40-22-14-7-15-23-40)54(58)50(42)41-26-24-36(2)25-27-41/h3-33,35,56H,1,34H2,2H3. The SMILES string of the molecule is C=CCn1cc2c(-c3ccc(C)cc3)c1C(c1ccccc1)=C1C=CC(=N1)C(c1ccccc1)=c1ccc([nH]1)=C(c1ccccc1)C1=NC(=C2c2ccccc2)C=C1. The molecule has 7 aromatic rings. The van der Waals surface area contributed by atoms with E-state index in [1.165, 1.54) is 5.56 Å². The third-order valence-electron chi connectivity index (χ3n) is 11.0. The fraction of sp³-hybridized carbons (Fsp3) is 0.0370. The van der Waals surface area contributed by atoms with E-state index in [9.17, 15) is 0 Å². The molecule has 4 nitrogen and oxygen atoms in total. The number of aromatic amines is 1. The first-order chi connectivity index (χ1) is 28.6. The Kier molecular flexibility index (Phi) is 8.92. The van der Waals surface area contributed by atoms with Crippen LogP contribution >= 0.6 is 0 Å². The number of nitrogens with one attached hydrogen (secondary N) is 1. The van der Waals surface area contributed by atoms with Crippen LogP contribution in [0.3, 0.4) is 0 Å². The molecule has 0 unspecified atom stereocenters. The maximum atomic E-state index is 5.58. The Morgan fingerprint density at radius 3 is 1.43 bits per heavy atom. The van der Waals surface area contributed by atoms with Crippen LogP contribution in [0, 0.1) is 6.92 Å². The molecule has 4 heteroatoms. The van der Waals surface area contributed by atoms with Gasteiger partial charge in [-0.3, -0.25) is 0 Å². The topological polar surface area (TPSA) is 45.4 Å². The van der Waals surface area contributed by atoms with Crippen LogP contribution in [-0.4, -0.2) is 21.0 Å². The van der Waals surface area contributed by atoms with Gasteiger partial charge in [0, 0.05) is 56.9 Å². The monoisotopic (exact) mass is 744 g/mol. The van der Waals surface area contributed by atoms with Crippen molar-refractivity contribution in [1.29, 1.82) is 0 Å². The summed E-state index contributed by atoms with van der Waals surface area (Å²) in [4.78, 5) is 15.0.